The van der Waals surface area contributed by atoms with E-state index in [2.05, 4.69) is 15.3 Å². The van der Waals surface area contributed by atoms with Crippen LogP contribution in [0.3, 0.4) is 0 Å². The predicted molar refractivity (Wildman–Crippen MR) is 82.5 cm³/mol. The third-order valence-electron chi connectivity index (χ3n) is 3.24. The molecule has 1 heterocycles. The normalized spacial score (nSPS) is 10.5. The Bertz CT molecular complexity index is 829. The van der Waals surface area contributed by atoms with Gasteiger partial charge in [0.2, 0.25) is 0 Å². The molecule has 1 aromatic heterocycles. The van der Waals surface area contributed by atoms with Crippen molar-refractivity contribution in [3.05, 3.63) is 59.9 Å². The summed E-state index contributed by atoms with van der Waals surface area (Å²) in [5.74, 6) is 0.171. The highest BCUT2D eigenvalue weighted by atomic mass is 16.1. The van der Waals surface area contributed by atoms with Crippen molar-refractivity contribution in [2.45, 2.75) is 6.92 Å². The van der Waals surface area contributed by atoms with Crippen LogP contribution in [-0.4, -0.2) is 15.9 Å². The Balaban J connectivity index is 2.11. The average molecular weight is 278 g/mol. The van der Waals surface area contributed by atoms with Gasteiger partial charge in [-0.15, -0.1) is 0 Å². The first-order chi connectivity index (χ1) is 10.1. The van der Waals surface area contributed by atoms with Crippen molar-refractivity contribution in [1.29, 1.82) is 0 Å². The monoisotopic (exact) mass is 278 g/mol. The molecule has 3 aromatic rings. The van der Waals surface area contributed by atoms with Crippen molar-refractivity contribution in [2.75, 3.05) is 5.32 Å². The molecule has 0 aliphatic carbocycles. The molecular weight excluding hydrogens is 264 g/mol. The van der Waals surface area contributed by atoms with Crippen LogP contribution in [0.25, 0.3) is 10.9 Å². The Kier molecular flexibility index (Phi) is 3.23. The van der Waals surface area contributed by atoms with Gasteiger partial charge in [-0.1, -0.05) is 23.8 Å². The molecule has 0 aliphatic heterocycles. The van der Waals surface area contributed by atoms with E-state index in [4.69, 9.17) is 5.73 Å². The molecule has 0 saturated heterocycles. The van der Waals surface area contributed by atoms with E-state index in [-0.39, 0.29) is 0 Å². The second kappa shape index (κ2) is 5.20. The number of primary amides is 1. The number of carbonyl (C=O) groups excluding carboxylic acids is 1. The molecule has 0 bridgehead atoms. The molecule has 5 nitrogen and oxygen atoms in total. The molecule has 21 heavy (non-hydrogen) atoms. The summed E-state index contributed by atoms with van der Waals surface area (Å²) in [6.45, 7) is 2.01. The van der Waals surface area contributed by atoms with Crippen LogP contribution in [0.2, 0.25) is 0 Å². The van der Waals surface area contributed by atoms with E-state index in [1.54, 1.807) is 18.2 Å². The number of anilines is 2. The summed E-state index contributed by atoms with van der Waals surface area (Å²) in [6, 6.07) is 13.0. The highest BCUT2D eigenvalue weighted by Crippen LogP contribution is 2.25. The van der Waals surface area contributed by atoms with Gasteiger partial charge in [-0.3, -0.25) is 4.79 Å². The number of fused-ring (bicyclic) bond motifs is 1. The largest absolute Gasteiger partial charge is 0.366 e. The maximum absolute atomic E-state index is 11.5. The molecule has 2 aromatic carbocycles. The topological polar surface area (TPSA) is 80.9 Å². The fourth-order valence-electron chi connectivity index (χ4n) is 2.20. The number of nitrogens with zero attached hydrogens (tertiary/aromatic N) is 2. The van der Waals surface area contributed by atoms with Crippen LogP contribution in [0.4, 0.5) is 11.5 Å². The number of aromatic nitrogens is 2. The lowest BCUT2D eigenvalue weighted by molar-refractivity contribution is 0.100. The van der Waals surface area contributed by atoms with Gasteiger partial charge in [-0.05, 0) is 31.2 Å². The van der Waals surface area contributed by atoms with Gasteiger partial charge in [-0.25, -0.2) is 9.97 Å². The SMILES string of the molecule is Cc1ccc2ncnc(Nc3ccccc3C(N)=O)c2c1. The number of benzene rings is 2. The van der Waals surface area contributed by atoms with Crippen LogP contribution in [0, 0.1) is 6.92 Å². The second-order valence-electron chi connectivity index (χ2n) is 4.78. The predicted octanol–water partition coefficient (Wildman–Crippen LogP) is 2.78. The molecule has 0 saturated carbocycles. The molecule has 0 unspecified atom stereocenters. The number of nitrogens with two attached hydrogens (primary N) is 1. The summed E-state index contributed by atoms with van der Waals surface area (Å²) >= 11 is 0. The molecular formula is C16H14N4O. The smallest absolute Gasteiger partial charge is 0.250 e. The molecule has 0 atom stereocenters. The van der Waals surface area contributed by atoms with E-state index in [1.807, 2.05) is 31.2 Å². The lowest BCUT2D eigenvalue weighted by Crippen LogP contribution is -2.13. The Morgan fingerprint density at radius 3 is 2.76 bits per heavy atom. The fourth-order valence-corrected chi connectivity index (χ4v) is 2.20. The molecule has 0 fully saturated rings. The summed E-state index contributed by atoms with van der Waals surface area (Å²) in [5.41, 5.74) is 8.41. The van der Waals surface area contributed by atoms with E-state index in [0.29, 0.717) is 17.1 Å². The number of para-hydroxylation sites is 1. The molecule has 0 spiro atoms. The Hall–Kier alpha value is -2.95. The van der Waals surface area contributed by atoms with E-state index >= 15 is 0 Å². The second-order valence-corrected chi connectivity index (χ2v) is 4.78. The van der Waals surface area contributed by atoms with E-state index in [9.17, 15) is 4.79 Å². The van der Waals surface area contributed by atoms with Crippen LogP contribution in [-0.2, 0) is 0 Å². The molecule has 104 valence electrons. The molecule has 0 aliphatic rings. The Labute approximate surface area is 121 Å². The first-order valence-electron chi connectivity index (χ1n) is 6.52. The summed E-state index contributed by atoms with van der Waals surface area (Å²) in [5, 5.41) is 4.07. The number of rotatable bonds is 3. The average Bonchev–Trinajstić information content (AvgIpc) is 2.48. The van der Waals surface area contributed by atoms with Crippen molar-refractivity contribution in [3.8, 4) is 0 Å². The van der Waals surface area contributed by atoms with Crippen molar-refractivity contribution < 1.29 is 4.79 Å². The summed E-state index contributed by atoms with van der Waals surface area (Å²) in [7, 11) is 0. The fraction of sp³-hybridized carbons (Fsp3) is 0.0625. The zero-order valence-corrected chi connectivity index (χ0v) is 11.5. The molecule has 3 N–H and O–H groups in total. The highest BCUT2D eigenvalue weighted by Gasteiger charge is 2.10. The van der Waals surface area contributed by atoms with E-state index < -0.39 is 5.91 Å². The molecule has 1 amide bonds. The lowest BCUT2D eigenvalue weighted by atomic mass is 10.1. The van der Waals surface area contributed by atoms with Crippen LogP contribution >= 0.6 is 0 Å². The van der Waals surface area contributed by atoms with Gasteiger partial charge in [0.15, 0.2) is 0 Å². The number of hydrogen-bond acceptors (Lipinski definition) is 4. The van der Waals surface area contributed by atoms with Crippen LogP contribution < -0.4 is 11.1 Å². The van der Waals surface area contributed by atoms with Gasteiger partial charge in [0.1, 0.15) is 12.1 Å². The van der Waals surface area contributed by atoms with Gasteiger partial charge in [0, 0.05) is 5.39 Å². The standard InChI is InChI=1S/C16H14N4O/c1-10-6-7-13-12(8-10)16(19-9-18-13)20-14-5-3-2-4-11(14)15(17)21/h2-9H,1H3,(H2,17,21)(H,18,19,20). The highest BCUT2D eigenvalue weighted by molar-refractivity contribution is 6.00. The van der Waals surface area contributed by atoms with Gasteiger partial charge in [-0.2, -0.15) is 0 Å². The van der Waals surface area contributed by atoms with E-state index in [1.165, 1.54) is 6.33 Å². The first-order valence-corrected chi connectivity index (χ1v) is 6.52. The van der Waals surface area contributed by atoms with Gasteiger partial charge < -0.3 is 11.1 Å². The first kappa shape index (κ1) is 13.1. The minimum atomic E-state index is -0.479. The number of carbonyl (C=O) groups is 1. The summed E-state index contributed by atoms with van der Waals surface area (Å²) in [6.07, 6.45) is 1.49. The summed E-state index contributed by atoms with van der Waals surface area (Å²) < 4.78 is 0. The molecule has 5 heteroatoms. The summed E-state index contributed by atoms with van der Waals surface area (Å²) in [4.78, 5) is 20.0. The molecule has 3 rings (SSSR count). The van der Waals surface area contributed by atoms with E-state index in [0.717, 1.165) is 16.5 Å². The minimum Gasteiger partial charge on any atom is -0.366 e. The van der Waals surface area contributed by atoms with Crippen LogP contribution in [0.1, 0.15) is 15.9 Å². The maximum Gasteiger partial charge on any atom is 0.250 e. The number of amides is 1. The Morgan fingerprint density at radius 2 is 1.95 bits per heavy atom. The number of aryl methyl sites for hydroxylation is 1. The van der Waals surface area contributed by atoms with Gasteiger partial charge >= 0.3 is 0 Å². The number of hydrogen-bond donors (Lipinski definition) is 2. The van der Waals surface area contributed by atoms with Gasteiger partial charge in [0.25, 0.3) is 5.91 Å². The Morgan fingerprint density at radius 1 is 1.14 bits per heavy atom. The zero-order chi connectivity index (χ0) is 14.8. The maximum atomic E-state index is 11.5. The third kappa shape index (κ3) is 2.53. The zero-order valence-electron chi connectivity index (χ0n) is 11.5. The minimum absolute atomic E-state index is 0.428. The van der Waals surface area contributed by atoms with Crippen molar-refractivity contribution in [3.63, 3.8) is 0 Å². The quantitative estimate of drug-likeness (QED) is 0.772. The van der Waals surface area contributed by atoms with Gasteiger partial charge in [0.05, 0.1) is 16.8 Å². The van der Waals surface area contributed by atoms with Crippen LogP contribution in [0.5, 0.6) is 0 Å². The molecule has 0 radical (unpaired) electrons. The van der Waals surface area contributed by atoms with Crippen molar-refractivity contribution in [2.24, 2.45) is 5.73 Å². The van der Waals surface area contributed by atoms with Crippen molar-refractivity contribution in [1.82, 2.24) is 9.97 Å². The van der Waals surface area contributed by atoms with Crippen molar-refractivity contribution >= 4 is 28.3 Å². The third-order valence-corrected chi connectivity index (χ3v) is 3.24. The number of nitrogens with one attached hydrogen (secondary N) is 1. The van der Waals surface area contributed by atoms with Crippen LogP contribution in [0.15, 0.2) is 48.8 Å². The lowest BCUT2D eigenvalue weighted by Gasteiger charge is -2.11.